The normalized spacial score (nSPS) is 10.0. The zero-order valence-electron chi connectivity index (χ0n) is 10.5. The number of hydrogen-bond donors (Lipinski definition) is 3. The largest absolute Gasteiger partial charge is 0.399 e. The summed E-state index contributed by atoms with van der Waals surface area (Å²) in [5.41, 5.74) is 11.0. The molecule has 4 N–H and O–H groups in total. The quantitative estimate of drug-likeness (QED) is 0.457. The third kappa shape index (κ3) is 4.29. The fraction of sp³-hybridized carbons (Fsp3) is 0.0769. The van der Waals surface area contributed by atoms with Crippen LogP contribution in [0.5, 0.6) is 0 Å². The molecule has 0 saturated heterocycles. The zero-order chi connectivity index (χ0) is 14.4. The van der Waals surface area contributed by atoms with E-state index in [-0.39, 0.29) is 17.6 Å². The SMILES string of the molecule is Nc1ccc(SCC(=O)NNC(=O)c2cccs2)cc1. The van der Waals surface area contributed by atoms with Crippen LogP contribution in [0.1, 0.15) is 9.67 Å². The Labute approximate surface area is 124 Å². The van der Waals surface area contributed by atoms with E-state index in [1.54, 1.807) is 29.6 Å². The van der Waals surface area contributed by atoms with E-state index in [1.165, 1.54) is 23.1 Å². The van der Waals surface area contributed by atoms with Crippen LogP contribution in [0.2, 0.25) is 0 Å². The van der Waals surface area contributed by atoms with Crippen molar-refractivity contribution in [1.82, 2.24) is 10.9 Å². The van der Waals surface area contributed by atoms with Gasteiger partial charge >= 0.3 is 0 Å². The van der Waals surface area contributed by atoms with Crippen LogP contribution in [0.15, 0.2) is 46.7 Å². The zero-order valence-corrected chi connectivity index (χ0v) is 12.1. The van der Waals surface area contributed by atoms with Crippen LogP contribution < -0.4 is 16.6 Å². The Kier molecular flexibility index (Phi) is 5.03. The van der Waals surface area contributed by atoms with E-state index < -0.39 is 0 Å². The van der Waals surface area contributed by atoms with Crippen molar-refractivity contribution in [2.24, 2.45) is 0 Å². The Morgan fingerprint density at radius 2 is 1.90 bits per heavy atom. The van der Waals surface area contributed by atoms with Crippen molar-refractivity contribution in [1.29, 1.82) is 0 Å². The standard InChI is InChI=1S/C13H13N3O2S2/c14-9-3-5-10(6-4-9)20-8-12(17)15-16-13(18)11-2-1-7-19-11/h1-7H,8,14H2,(H,15,17)(H,16,18). The lowest BCUT2D eigenvalue weighted by Gasteiger charge is -2.06. The molecule has 104 valence electrons. The second-order valence-electron chi connectivity index (χ2n) is 3.84. The highest BCUT2D eigenvalue weighted by molar-refractivity contribution is 8.00. The van der Waals surface area contributed by atoms with Gasteiger partial charge in [-0.3, -0.25) is 20.4 Å². The molecular weight excluding hydrogens is 294 g/mol. The van der Waals surface area contributed by atoms with Crippen molar-refractivity contribution in [2.45, 2.75) is 4.90 Å². The highest BCUT2D eigenvalue weighted by atomic mass is 32.2. The number of carbonyl (C=O) groups is 2. The van der Waals surface area contributed by atoms with E-state index in [4.69, 9.17) is 5.73 Å². The third-order valence-electron chi connectivity index (χ3n) is 2.31. The molecule has 7 heteroatoms. The van der Waals surface area contributed by atoms with E-state index in [0.717, 1.165) is 4.90 Å². The average Bonchev–Trinajstić information content (AvgIpc) is 2.98. The van der Waals surface area contributed by atoms with Gasteiger partial charge < -0.3 is 5.73 Å². The van der Waals surface area contributed by atoms with Gasteiger partial charge in [-0.2, -0.15) is 0 Å². The van der Waals surface area contributed by atoms with E-state index in [9.17, 15) is 9.59 Å². The first-order valence-electron chi connectivity index (χ1n) is 5.76. The Bertz CT molecular complexity index is 582. The Hall–Kier alpha value is -1.99. The van der Waals surface area contributed by atoms with Crippen LogP contribution in [-0.4, -0.2) is 17.6 Å². The first kappa shape index (κ1) is 14.4. The number of nitrogens with two attached hydrogens (primary N) is 1. The van der Waals surface area contributed by atoms with Crippen molar-refractivity contribution in [3.63, 3.8) is 0 Å². The van der Waals surface area contributed by atoms with E-state index in [2.05, 4.69) is 10.9 Å². The Morgan fingerprint density at radius 3 is 2.55 bits per heavy atom. The predicted molar refractivity (Wildman–Crippen MR) is 81.5 cm³/mol. The molecule has 0 radical (unpaired) electrons. The monoisotopic (exact) mass is 307 g/mol. The Morgan fingerprint density at radius 1 is 1.15 bits per heavy atom. The van der Waals surface area contributed by atoms with Gasteiger partial charge in [0.25, 0.3) is 5.91 Å². The molecule has 0 bridgehead atoms. The lowest BCUT2D eigenvalue weighted by Crippen LogP contribution is -2.42. The summed E-state index contributed by atoms with van der Waals surface area (Å²) in [6, 6.07) is 10.7. The van der Waals surface area contributed by atoms with E-state index in [0.29, 0.717) is 10.6 Å². The lowest BCUT2D eigenvalue weighted by molar-refractivity contribution is -0.119. The summed E-state index contributed by atoms with van der Waals surface area (Å²) in [4.78, 5) is 24.7. The molecule has 0 spiro atoms. The van der Waals surface area contributed by atoms with Crippen LogP contribution in [0.25, 0.3) is 0 Å². The summed E-state index contributed by atoms with van der Waals surface area (Å²) in [7, 11) is 0. The molecule has 1 heterocycles. The fourth-order valence-corrected chi connectivity index (χ4v) is 2.66. The number of hydrazine groups is 1. The van der Waals surface area contributed by atoms with Gasteiger partial charge in [0.15, 0.2) is 0 Å². The number of amides is 2. The topological polar surface area (TPSA) is 84.2 Å². The summed E-state index contributed by atoms with van der Waals surface area (Å²) in [5, 5.41) is 1.80. The summed E-state index contributed by atoms with van der Waals surface area (Å²) in [5.74, 6) is -0.364. The van der Waals surface area contributed by atoms with Crippen LogP contribution in [0.3, 0.4) is 0 Å². The number of thioether (sulfide) groups is 1. The van der Waals surface area contributed by atoms with Crippen molar-refractivity contribution in [3.05, 3.63) is 46.7 Å². The van der Waals surface area contributed by atoms with Gasteiger partial charge in [0.2, 0.25) is 5.91 Å². The third-order valence-corrected chi connectivity index (χ3v) is 4.19. The number of thiophene rings is 1. The number of nitrogens with one attached hydrogen (secondary N) is 2. The molecular formula is C13H13N3O2S2. The van der Waals surface area contributed by atoms with Crippen LogP contribution in [0, 0.1) is 0 Å². The lowest BCUT2D eigenvalue weighted by atomic mass is 10.3. The highest BCUT2D eigenvalue weighted by Gasteiger charge is 2.08. The molecule has 0 aliphatic rings. The molecule has 0 unspecified atom stereocenters. The van der Waals surface area contributed by atoms with Gasteiger partial charge in [-0.05, 0) is 35.7 Å². The molecule has 0 saturated carbocycles. The predicted octanol–water partition coefficient (Wildman–Crippen LogP) is 1.88. The first-order valence-corrected chi connectivity index (χ1v) is 7.63. The fourth-order valence-electron chi connectivity index (χ4n) is 1.34. The highest BCUT2D eigenvalue weighted by Crippen LogP contribution is 2.18. The van der Waals surface area contributed by atoms with Gasteiger partial charge in [-0.15, -0.1) is 23.1 Å². The first-order chi connectivity index (χ1) is 9.65. The maximum Gasteiger partial charge on any atom is 0.279 e. The van der Waals surface area contributed by atoms with Crippen molar-refractivity contribution >= 4 is 40.6 Å². The minimum Gasteiger partial charge on any atom is -0.399 e. The van der Waals surface area contributed by atoms with Gasteiger partial charge in [0.05, 0.1) is 10.6 Å². The maximum atomic E-state index is 11.6. The van der Waals surface area contributed by atoms with Gasteiger partial charge in [-0.1, -0.05) is 6.07 Å². The van der Waals surface area contributed by atoms with Crippen molar-refractivity contribution in [3.8, 4) is 0 Å². The molecule has 1 aromatic heterocycles. The molecule has 2 rings (SSSR count). The number of hydrogen-bond acceptors (Lipinski definition) is 5. The maximum absolute atomic E-state index is 11.6. The second-order valence-corrected chi connectivity index (χ2v) is 5.83. The summed E-state index contributed by atoms with van der Waals surface area (Å²) in [6.07, 6.45) is 0. The van der Waals surface area contributed by atoms with Crippen molar-refractivity contribution in [2.75, 3.05) is 11.5 Å². The minimum atomic E-state index is -0.314. The smallest absolute Gasteiger partial charge is 0.279 e. The molecule has 0 aliphatic heterocycles. The minimum absolute atomic E-state index is 0.217. The molecule has 2 aromatic rings. The number of carbonyl (C=O) groups excluding carboxylic acids is 2. The second kappa shape index (κ2) is 6.97. The van der Waals surface area contributed by atoms with Crippen LogP contribution in [-0.2, 0) is 4.79 Å². The molecule has 0 atom stereocenters. The number of nitrogen functional groups attached to an aromatic ring is 1. The summed E-state index contributed by atoms with van der Waals surface area (Å²) >= 11 is 2.68. The van der Waals surface area contributed by atoms with Gasteiger partial charge in [0.1, 0.15) is 0 Å². The molecule has 0 aliphatic carbocycles. The molecule has 20 heavy (non-hydrogen) atoms. The van der Waals surface area contributed by atoms with Crippen LogP contribution >= 0.6 is 23.1 Å². The molecule has 2 amide bonds. The number of rotatable bonds is 4. The molecule has 1 aromatic carbocycles. The molecule has 0 fully saturated rings. The number of anilines is 1. The average molecular weight is 307 g/mol. The summed E-state index contributed by atoms with van der Waals surface area (Å²) < 4.78 is 0. The molecule has 5 nitrogen and oxygen atoms in total. The van der Waals surface area contributed by atoms with E-state index >= 15 is 0 Å². The van der Waals surface area contributed by atoms with Crippen molar-refractivity contribution < 1.29 is 9.59 Å². The van der Waals surface area contributed by atoms with E-state index in [1.807, 2.05) is 12.1 Å². The number of benzene rings is 1. The van der Waals surface area contributed by atoms with Crippen LogP contribution in [0.4, 0.5) is 5.69 Å². The summed E-state index contributed by atoms with van der Waals surface area (Å²) in [6.45, 7) is 0. The Balaban J connectivity index is 1.73. The van der Waals surface area contributed by atoms with Gasteiger partial charge in [-0.25, -0.2) is 0 Å². The van der Waals surface area contributed by atoms with Gasteiger partial charge in [0, 0.05) is 10.6 Å².